The first-order chi connectivity index (χ1) is 7.40. The van der Waals surface area contributed by atoms with Gasteiger partial charge in [-0.05, 0) is 44.6 Å². The van der Waals surface area contributed by atoms with Gasteiger partial charge in [0.2, 0.25) is 0 Å². The van der Waals surface area contributed by atoms with Crippen LogP contribution in [-0.4, -0.2) is 21.0 Å². The Bertz CT molecular complexity index is 381. The quantitative estimate of drug-likeness (QED) is 0.793. The van der Waals surface area contributed by atoms with Gasteiger partial charge >= 0.3 is 0 Å². The minimum Gasteiger partial charge on any atom is -0.393 e. The molecule has 1 aromatic rings. The van der Waals surface area contributed by atoms with Gasteiger partial charge in [0.25, 0.3) is 0 Å². The van der Waals surface area contributed by atoms with Crippen LogP contribution in [0.25, 0.3) is 0 Å². The lowest BCUT2D eigenvalue weighted by Gasteiger charge is -2.41. The zero-order valence-corrected chi connectivity index (χ0v) is 10.7. The van der Waals surface area contributed by atoms with E-state index in [0.717, 1.165) is 25.0 Å². The highest BCUT2D eigenvalue weighted by Crippen LogP contribution is 2.43. The molecule has 0 amide bonds. The molecule has 0 bridgehead atoms. The number of rotatable bonds is 1. The molecule has 1 aliphatic rings. The lowest BCUT2D eigenvalue weighted by atomic mass is 9.72. The number of hydrogen-bond acceptors (Lipinski definition) is 2. The highest BCUT2D eigenvalue weighted by atomic mass is 16.3. The molecule has 1 saturated carbocycles. The van der Waals surface area contributed by atoms with Crippen LogP contribution in [0.2, 0.25) is 0 Å². The van der Waals surface area contributed by atoms with Crippen molar-refractivity contribution in [2.24, 2.45) is 5.41 Å². The molecule has 1 aliphatic carbocycles. The summed E-state index contributed by atoms with van der Waals surface area (Å²) in [4.78, 5) is 0. The van der Waals surface area contributed by atoms with Gasteiger partial charge in [0, 0.05) is 5.69 Å². The lowest BCUT2D eigenvalue weighted by molar-refractivity contribution is 0.0283. The summed E-state index contributed by atoms with van der Waals surface area (Å²) in [6.07, 6.45) is 2.65. The van der Waals surface area contributed by atoms with Crippen molar-refractivity contribution in [1.82, 2.24) is 9.78 Å². The number of aromatic nitrogens is 2. The second-order valence-electron chi connectivity index (χ2n) is 5.80. The number of nitrogens with zero attached hydrogens (tertiary/aromatic N) is 2. The fraction of sp³-hybridized carbons (Fsp3) is 0.769. The Morgan fingerprint density at radius 1 is 1.44 bits per heavy atom. The molecule has 1 fully saturated rings. The molecule has 0 saturated heterocycles. The largest absolute Gasteiger partial charge is 0.393 e. The average Bonchev–Trinajstić information content (AvgIpc) is 2.50. The Kier molecular flexibility index (Phi) is 2.82. The van der Waals surface area contributed by atoms with Crippen LogP contribution in [-0.2, 0) is 0 Å². The average molecular weight is 222 g/mol. The van der Waals surface area contributed by atoms with Crippen molar-refractivity contribution < 1.29 is 5.11 Å². The van der Waals surface area contributed by atoms with Crippen LogP contribution < -0.4 is 0 Å². The molecule has 0 radical (unpaired) electrons. The molecular weight excluding hydrogens is 200 g/mol. The van der Waals surface area contributed by atoms with E-state index in [0.29, 0.717) is 6.04 Å². The van der Waals surface area contributed by atoms with E-state index in [1.54, 1.807) is 0 Å². The Morgan fingerprint density at radius 2 is 2.12 bits per heavy atom. The Labute approximate surface area is 97.5 Å². The highest BCUT2D eigenvalue weighted by Gasteiger charge is 2.38. The van der Waals surface area contributed by atoms with Gasteiger partial charge in [0.1, 0.15) is 0 Å². The topological polar surface area (TPSA) is 38.0 Å². The van der Waals surface area contributed by atoms with Gasteiger partial charge in [0.15, 0.2) is 0 Å². The van der Waals surface area contributed by atoms with Gasteiger partial charge in [0.05, 0.1) is 17.8 Å². The number of aliphatic hydroxyl groups excluding tert-OH is 1. The second-order valence-corrected chi connectivity index (χ2v) is 5.80. The Hall–Kier alpha value is -0.830. The van der Waals surface area contributed by atoms with E-state index >= 15 is 0 Å². The third-order valence-corrected chi connectivity index (χ3v) is 3.86. The maximum absolute atomic E-state index is 9.83. The maximum atomic E-state index is 9.83. The minimum atomic E-state index is -0.165. The van der Waals surface area contributed by atoms with Crippen LogP contribution in [0.15, 0.2) is 6.07 Å². The molecule has 3 nitrogen and oxygen atoms in total. The van der Waals surface area contributed by atoms with E-state index in [-0.39, 0.29) is 11.5 Å². The fourth-order valence-corrected chi connectivity index (χ4v) is 2.79. The van der Waals surface area contributed by atoms with E-state index in [4.69, 9.17) is 0 Å². The highest BCUT2D eigenvalue weighted by molar-refractivity contribution is 5.09. The molecular formula is C13H22N2O. The van der Waals surface area contributed by atoms with Crippen molar-refractivity contribution >= 4 is 0 Å². The molecule has 1 aromatic heterocycles. The zero-order chi connectivity index (χ0) is 11.9. The summed E-state index contributed by atoms with van der Waals surface area (Å²) < 4.78 is 2.11. The van der Waals surface area contributed by atoms with E-state index in [9.17, 15) is 5.11 Å². The van der Waals surface area contributed by atoms with Crippen molar-refractivity contribution in [2.75, 3.05) is 0 Å². The van der Waals surface area contributed by atoms with Crippen LogP contribution >= 0.6 is 0 Å². The van der Waals surface area contributed by atoms with Crippen molar-refractivity contribution in [2.45, 2.75) is 59.1 Å². The number of hydrogen-bond donors (Lipinski definition) is 1. The van der Waals surface area contributed by atoms with Crippen molar-refractivity contribution in [3.05, 3.63) is 17.5 Å². The smallest absolute Gasteiger partial charge is 0.0597 e. The number of aliphatic hydroxyl groups is 1. The van der Waals surface area contributed by atoms with Crippen molar-refractivity contribution in [3.8, 4) is 0 Å². The van der Waals surface area contributed by atoms with Crippen LogP contribution in [0, 0.1) is 19.3 Å². The summed E-state index contributed by atoms with van der Waals surface area (Å²) in [5.74, 6) is 0. The fourth-order valence-electron chi connectivity index (χ4n) is 2.79. The predicted molar refractivity (Wildman–Crippen MR) is 64.4 cm³/mol. The van der Waals surface area contributed by atoms with Crippen LogP contribution in [0.1, 0.15) is 50.5 Å². The third kappa shape index (κ3) is 2.01. The molecule has 3 heteroatoms. The number of aryl methyl sites for hydroxylation is 2. The molecule has 0 spiro atoms. The molecule has 0 aliphatic heterocycles. The van der Waals surface area contributed by atoms with Crippen molar-refractivity contribution in [1.29, 1.82) is 0 Å². The van der Waals surface area contributed by atoms with E-state index < -0.39 is 0 Å². The molecule has 0 aromatic carbocycles. The molecule has 1 N–H and O–H groups in total. The summed E-state index contributed by atoms with van der Waals surface area (Å²) in [7, 11) is 0. The second kappa shape index (κ2) is 3.88. The summed E-state index contributed by atoms with van der Waals surface area (Å²) in [5.41, 5.74) is 2.49. The normalized spacial score (nSPS) is 29.3. The molecule has 1 heterocycles. The van der Waals surface area contributed by atoms with Gasteiger partial charge < -0.3 is 5.11 Å². The third-order valence-electron chi connectivity index (χ3n) is 3.86. The van der Waals surface area contributed by atoms with Crippen LogP contribution in [0.5, 0.6) is 0 Å². The van der Waals surface area contributed by atoms with E-state index in [1.807, 2.05) is 6.92 Å². The summed E-state index contributed by atoms with van der Waals surface area (Å²) >= 11 is 0. The molecule has 90 valence electrons. The standard InChI is InChI=1S/C13H22N2O/c1-9-7-10(2)15(14-9)12-8-11(16)5-6-13(12,3)4/h7,11-12,16H,5-6,8H2,1-4H3. The Morgan fingerprint density at radius 3 is 2.69 bits per heavy atom. The zero-order valence-electron chi connectivity index (χ0n) is 10.7. The van der Waals surface area contributed by atoms with Gasteiger partial charge in [-0.3, -0.25) is 4.68 Å². The molecule has 2 atom stereocenters. The first-order valence-electron chi connectivity index (χ1n) is 6.11. The van der Waals surface area contributed by atoms with Crippen LogP contribution in [0.3, 0.4) is 0 Å². The SMILES string of the molecule is Cc1cc(C)n(C2CC(O)CCC2(C)C)n1. The first-order valence-corrected chi connectivity index (χ1v) is 6.11. The molecule has 16 heavy (non-hydrogen) atoms. The predicted octanol–water partition coefficient (Wildman–Crippen LogP) is 2.61. The van der Waals surface area contributed by atoms with Crippen molar-refractivity contribution in [3.63, 3.8) is 0 Å². The van der Waals surface area contributed by atoms with Gasteiger partial charge in [-0.25, -0.2) is 0 Å². The van der Waals surface area contributed by atoms with Gasteiger partial charge in [-0.1, -0.05) is 13.8 Å². The molecule has 2 unspecified atom stereocenters. The Balaban J connectivity index is 2.33. The summed E-state index contributed by atoms with van der Waals surface area (Å²) in [5, 5.41) is 14.4. The van der Waals surface area contributed by atoms with E-state index in [2.05, 4.69) is 36.6 Å². The molecule has 2 rings (SSSR count). The van der Waals surface area contributed by atoms with Gasteiger partial charge in [-0.15, -0.1) is 0 Å². The first kappa shape index (κ1) is 11.6. The van der Waals surface area contributed by atoms with Crippen LogP contribution in [0.4, 0.5) is 0 Å². The van der Waals surface area contributed by atoms with Gasteiger partial charge in [-0.2, -0.15) is 5.10 Å². The maximum Gasteiger partial charge on any atom is 0.0597 e. The summed E-state index contributed by atoms with van der Waals surface area (Å²) in [6.45, 7) is 8.67. The lowest BCUT2D eigenvalue weighted by Crippen LogP contribution is -2.37. The summed E-state index contributed by atoms with van der Waals surface area (Å²) in [6, 6.07) is 2.43. The minimum absolute atomic E-state index is 0.165. The van der Waals surface area contributed by atoms with E-state index in [1.165, 1.54) is 5.69 Å². The monoisotopic (exact) mass is 222 g/mol.